The first-order valence-corrected chi connectivity index (χ1v) is 5.04. The molecule has 4 heteroatoms. The molecule has 1 atom stereocenters. The highest BCUT2D eigenvalue weighted by atomic mass is 16.6. The zero-order valence-electron chi connectivity index (χ0n) is 9.38. The SMILES string of the molecule is CC(C)(C)C(CCCCN)OC(N)=O. The summed E-state index contributed by atoms with van der Waals surface area (Å²) in [5.74, 6) is 0. The fourth-order valence-corrected chi connectivity index (χ4v) is 1.28. The van der Waals surface area contributed by atoms with Crippen molar-refractivity contribution in [3.8, 4) is 0 Å². The van der Waals surface area contributed by atoms with E-state index in [0.717, 1.165) is 19.3 Å². The summed E-state index contributed by atoms with van der Waals surface area (Å²) in [6.45, 7) is 6.77. The molecule has 0 aliphatic carbocycles. The van der Waals surface area contributed by atoms with Crippen LogP contribution in [-0.2, 0) is 4.74 Å². The average molecular weight is 202 g/mol. The van der Waals surface area contributed by atoms with Gasteiger partial charge in [-0.1, -0.05) is 20.8 Å². The molecule has 0 rings (SSSR count). The second-order valence-electron chi connectivity index (χ2n) is 4.58. The van der Waals surface area contributed by atoms with Gasteiger partial charge >= 0.3 is 6.09 Å². The van der Waals surface area contributed by atoms with E-state index < -0.39 is 6.09 Å². The van der Waals surface area contributed by atoms with Gasteiger partial charge in [0.15, 0.2) is 0 Å². The van der Waals surface area contributed by atoms with Gasteiger partial charge in [-0.25, -0.2) is 4.79 Å². The molecular formula is C10H22N2O2. The van der Waals surface area contributed by atoms with Crippen LogP contribution in [0.25, 0.3) is 0 Å². The third kappa shape index (κ3) is 5.80. The largest absolute Gasteiger partial charge is 0.446 e. The van der Waals surface area contributed by atoms with E-state index in [0.29, 0.717) is 6.54 Å². The summed E-state index contributed by atoms with van der Waals surface area (Å²) in [7, 11) is 0. The van der Waals surface area contributed by atoms with E-state index in [1.54, 1.807) is 0 Å². The number of unbranched alkanes of at least 4 members (excludes halogenated alkanes) is 1. The van der Waals surface area contributed by atoms with Gasteiger partial charge in [0.05, 0.1) is 0 Å². The molecule has 0 heterocycles. The Hall–Kier alpha value is -0.770. The number of hydrogen-bond acceptors (Lipinski definition) is 3. The fraction of sp³-hybridized carbons (Fsp3) is 0.900. The Morgan fingerprint density at radius 1 is 1.36 bits per heavy atom. The normalized spacial score (nSPS) is 13.7. The summed E-state index contributed by atoms with van der Waals surface area (Å²) in [5.41, 5.74) is 10.3. The van der Waals surface area contributed by atoms with E-state index in [2.05, 4.69) is 0 Å². The van der Waals surface area contributed by atoms with Crippen molar-refractivity contribution < 1.29 is 9.53 Å². The molecule has 0 spiro atoms. The predicted molar refractivity (Wildman–Crippen MR) is 56.8 cm³/mol. The monoisotopic (exact) mass is 202 g/mol. The molecule has 0 aliphatic heterocycles. The quantitative estimate of drug-likeness (QED) is 0.665. The highest BCUT2D eigenvalue weighted by Gasteiger charge is 2.26. The molecule has 0 saturated heterocycles. The number of primary amides is 1. The molecule has 0 saturated carbocycles. The number of hydrogen-bond donors (Lipinski definition) is 2. The summed E-state index contributed by atoms with van der Waals surface area (Å²) in [6.07, 6.45) is 1.92. The Morgan fingerprint density at radius 2 is 1.93 bits per heavy atom. The predicted octanol–water partition coefficient (Wildman–Crippen LogP) is 1.63. The summed E-state index contributed by atoms with van der Waals surface area (Å²) in [5, 5.41) is 0. The van der Waals surface area contributed by atoms with Crippen LogP contribution in [0, 0.1) is 5.41 Å². The molecule has 1 amide bonds. The van der Waals surface area contributed by atoms with Gasteiger partial charge in [-0.15, -0.1) is 0 Å². The number of carbonyl (C=O) groups excluding carboxylic acids is 1. The third-order valence-electron chi connectivity index (χ3n) is 2.14. The van der Waals surface area contributed by atoms with Crippen LogP contribution in [0.3, 0.4) is 0 Å². The van der Waals surface area contributed by atoms with Gasteiger partial charge in [-0.3, -0.25) is 0 Å². The standard InChI is InChI=1S/C10H22N2O2/c1-10(2,3)8(14-9(12)13)6-4-5-7-11/h8H,4-7,11H2,1-3H3,(H2,12,13). The van der Waals surface area contributed by atoms with Crippen LogP contribution < -0.4 is 11.5 Å². The molecule has 0 bridgehead atoms. The molecule has 0 aromatic rings. The van der Waals surface area contributed by atoms with Gasteiger partial charge in [0.2, 0.25) is 0 Å². The van der Waals surface area contributed by atoms with Gasteiger partial charge in [-0.05, 0) is 31.2 Å². The summed E-state index contributed by atoms with van der Waals surface area (Å²) >= 11 is 0. The summed E-state index contributed by atoms with van der Waals surface area (Å²) in [4.78, 5) is 10.7. The van der Waals surface area contributed by atoms with Crippen molar-refractivity contribution in [3.63, 3.8) is 0 Å². The van der Waals surface area contributed by atoms with Crippen LogP contribution in [-0.4, -0.2) is 18.7 Å². The Kier molecular flexibility index (Phi) is 5.53. The van der Waals surface area contributed by atoms with Gasteiger partial charge in [0.1, 0.15) is 6.10 Å². The van der Waals surface area contributed by atoms with Gasteiger partial charge in [-0.2, -0.15) is 0 Å². The summed E-state index contributed by atoms with van der Waals surface area (Å²) < 4.78 is 5.06. The zero-order chi connectivity index (χ0) is 11.2. The van der Waals surface area contributed by atoms with Crippen molar-refractivity contribution in [3.05, 3.63) is 0 Å². The van der Waals surface area contributed by atoms with Crippen LogP contribution in [0.2, 0.25) is 0 Å². The molecular weight excluding hydrogens is 180 g/mol. The minimum absolute atomic E-state index is 0.0658. The first kappa shape index (κ1) is 13.2. The Labute approximate surface area is 86.0 Å². The van der Waals surface area contributed by atoms with Crippen LogP contribution in [0.1, 0.15) is 40.0 Å². The van der Waals surface area contributed by atoms with Crippen molar-refractivity contribution in [1.82, 2.24) is 0 Å². The van der Waals surface area contributed by atoms with E-state index in [9.17, 15) is 4.79 Å². The van der Waals surface area contributed by atoms with Gasteiger partial charge in [0, 0.05) is 0 Å². The van der Waals surface area contributed by atoms with Crippen LogP contribution in [0.5, 0.6) is 0 Å². The first-order valence-electron chi connectivity index (χ1n) is 5.04. The summed E-state index contributed by atoms with van der Waals surface area (Å²) in [6, 6.07) is 0. The number of nitrogens with two attached hydrogens (primary N) is 2. The number of carbonyl (C=O) groups is 1. The first-order chi connectivity index (χ1) is 6.38. The molecule has 14 heavy (non-hydrogen) atoms. The Morgan fingerprint density at radius 3 is 2.29 bits per heavy atom. The number of rotatable bonds is 5. The van der Waals surface area contributed by atoms with E-state index in [-0.39, 0.29) is 11.5 Å². The van der Waals surface area contributed by atoms with Crippen LogP contribution >= 0.6 is 0 Å². The molecule has 84 valence electrons. The lowest BCUT2D eigenvalue weighted by Gasteiger charge is -2.29. The molecule has 0 aromatic carbocycles. The Balaban J connectivity index is 4.05. The number of ether oxygens (including phenoxy) is 1. The topological polar surface area (TPSA) is 78.3 Å². The van der Waals surface area contributed by atoms with Crippen molar-refractivity contribution in [2.45, 2.75) is 46.1 Å². The van der Waals surface area contributed by atoms with Crippen molar-refractivity contribution in [2.75, 3.05) is 6.54 Å². The fourth-order valence-electron chi connectivity index (χ4n) is 1.28. The highest BCUT2D eigenvalue weighted by molar-refractivity contribution is 5.64. The van der Waals surface area contributed by atoms with Gasteiger partial charge in [0.25, 0.3) is 0 Å². The van der Waals surface area contributed by atoms with Crippen LogP contribution in [0.4, 0.5) is 4.79 Å². The van der Waals surface area contributed by atoms with E-state index >= 15 is 0 Å². The minimum Gasteiger partial charge on any atom is -0.446 e. The second-order valence-corrected chi connectivity index (χ2v) is 4.58. The minimum atomic E-state index is -0.697. The molecule has 4 N–H and O–H groups in total. The third-order valence-corrected chi connectivity index (χ3v) is 2.14. The van der Waals surface area contributed by atoms with Crippen LogP contribution in [0.15, 0.2) is 0 Å². The van der Waals surface area contributed by atoms with Crippen molar-refractivity contribution in [1.29, 1.82) is 0 Å². The maximum absolute atomic E-state index is 10.7. The highest BCUT2D eigenvalue weighted by Crippen LogP contribution is 2.26. The second kappa shape index (κ2) is 5.86. The van der Waals surface area contributed by atoms with Gasteiger partial charge < -0.3 is 16.2 Å². The van der Waals surface area contributed by atoms with E-state index in [1.165, 1.54) is 0 Å². The number of amides is 1. The lowest BCUT2D eigenvalue weighted by atomic mass is 9.86. The lowest BCUT2D eigenvalue weighted by molar-refractivity contribution is 0.0300. The van der Waals surface area contributed by atoms with E-state index in [1.807, 2.05) is 20.8 Å². The molecule has 0 radical (unpaired) electrons. The molecule has 4 nitrogen and oxygen atoms in total. The van der Waals surface area contributed by atoms with Crippen molar-refractivity contribution >= 4 is 6.09 Å². The zero-order valence-corrected chi connectivity index (χ0v) is 9.38. The van der Waals surface area contributed by atoms with E-state index in [4.69, 9.17) is 16.2 Å². The maximum Gasteiger partial charge on any atom is 0.404 e. The lowest BCUT2D eigenvalue weighted by Crippen LogP contribution is -2.33. The average Bonchev–Trinajstić information content (AvgIpc) is 2.00. The molecule has 1 unspecified atom stereocenters. The van der Waals surface area contributed by atoms with Crippen molar-refractivity contribution in [2.24, 2.45) is 16.9 Å². The Bertz CT molecular complexity index is 175. The molecule has 0 aliphatic rings. The molecule has 0 fully saturated rings. The molecule has 0 aromatic heterocycles. The maximum atomic E-state index is 10.7. The smallest absolute Gasteiger partial charge is 0.404 e.